The highest BCUT2D eigenvalue weighted by atomic mass is 15.1. The number of rotatable bonds is 2. The van der Waals surface area contributed by atoms with Crippen molar-refractivity contribution in [2.75, 3.05) is 20.6 Å². The molecule has 0 saturated heterocycles. The van der Waals surface area contributed by atoms with Gasteiger partial charge in [-0.3, -0.25) is 4.99 Å². The molecule has 0 aromatic carbocycles. The minimum atomic E-state index is 0.332. The van der Waals surface area contributed by atoms with Crippen LogP contribution in [-0.2, 0) is 0 Å². The van der Waals surface area contributed by atoms with Crippen LogP contribution in [0.3, 0.4) is 0 Å². The van der Waals surface area contributed by atoms with Crippen LogP contribution in [-0.4, -0.2) is 31.4 Å². The number of amidine groups is 1. The van der Waals surface area contributed by atoms with Crippen LogP contribution in [0, 0.1) is 5.41 Å². The maximum absolute atomic E-state index is 4.29. The van der Waals surface area contributed by atoms with Gasteiger partial charge in [0.25, 0.3) is 0 Å². The van der Waals surface area contributed by atoms with Crippen molar-refractivity contribution in [1.29, 1.82) is 0 Å². The Morgan fingerprint density at radius 2 is 1.83 bits per heavy atom. The molecule has 0 spiro atoms. The summed E-state index contributed by atoms with van der Waals surface area (Å²) in [4.78, 5) is 6.49. The van der Waals surface area contributed by atoms with Gasteiger partial charge in [-0.05, 0) is 12.3 Å². The van der Waals surface area contributed by atoms with Crippen LogP contribution in [0.1, 0.15) is 34.1 Å². The third kappa shape index (κ3) is 4.37. The fraction of sp³-hybridized carbons (Fsp3) is 0.900. The van der Waals surface area contributed by atoms with Crippen molar-refractivity contribution < 1.29 is 0 Å². The van der Waals surface area contributed by atoms with E-state index in [-0.39, 0.29) is 0 Å². The van der Waals surface area contributed by atoms with E-state index in [0.717, 1.165) is 13.0 Å². The second-order valence-electron chi connectivity index (χ2n) is 4.39. The van der Waals surface area contributed by atoms with E-state index >= 15 is 0 Å². The molecular weight excluding hydrogens is 148 g/mol. The highest BCUT2D eigenvalue weighted by Gasteiger charge is 2.15. The maximum atomic E-state index is 4.29. The summed E-state index contributed by atoms with van der Waals surface area (Å²) in [6.45, 7) is 9.89. The largest absolute Gasteiger partial charge is 0.364 e. The van der Waals surface area contributed by atoms with Crippen LogP contribution in [0.25, 0.3) is 0 Å². The average Bonchev–Trinajstić information content (AvgIpc) is 1.97. The molecule has 0 amide bonds. The van der Waals surface area contributed by atoms with Crippen LogP contribution in [0.2, 0.25) is 0 Å². The van der Waals surface area contributed by atoms with E-state index in [1.54, 1.807) is 0 Å². The zero-order valence-corrected chi connectivity index (χ0v) is 9.31. The first-order valence-electron chi connectivity index (χ1n) is 4.57. The van der Waals surface area contributed by atoms with Gasteiger partial charge in [0.05, 0.1) is 5.84 Å². The van der Waals surface area contributed by atoms with Gasteiger partial charge in [-0.15, -0.1) is 0 Å². The van der Waals surface area contributed by atoms with Crippen molar-refractivity contribution >= 4 is 5.84 Å². The fourth-order valence-electron chi connectivity index (χ4n) is 1.04. The van der Waals surface area contributed by atoms with E-state index in [2.05, 4.69) is 44.6 Å². The van der Waals surface area contributed by atoms with Crippen LogP contribution in [0.4, 0.5) is 0 Å². The summed E-state index contributed by atoms with van der Waals surface area (Å²) in [5.74, 6) is 1.20. The Kier molecular flexibility index (Phi) is 4.29. The predicted octanol–water partition coefficient (Wildman–Crippen LogP) is 2.40. The summed E-state index contributed by atoms with van der Waals surface area (Å²) >= 11 is 0. The van der Waals surface area contributed by atoms with E-state index in [4.69, 9.17) is 0 Å². The van der Waals surface area contributed by atoms with E-state index in [0.29, 0.717) is 5.41 Å². The van der Waals surface area contributed by atoms with E-state index in [1.165, 1.54) is 5.84 Å². The Hall–Kier alpha value is -0.530. The molecule has 0 bridgehead atoms. The SMILES string of the molecule is CCN(C)/C(CC(C)(C)C)=N\C. The molecule has 2 heteroatoms. The lowest BCUT2D eigenvalue weighted by Crippen LogP contribution is -2.30. The molecule has 0 aliphatic carbocycles. The second kappa shape index (κ2) is 4.48. The molecule has 0 heterocycles. The van der Waals surface area contributed by atoms with Gasteiger partial charge in [0, 0.05) is 27.1 Å². The van der Waals surface area contributed by atoms with Gasteiger partial charge < -0.3 is 4.90 Å². The highest BCUT2D eigenvalue weighted by molar-refractivity contribution is 5.82. The number of hydrogen-bond donors (Lipinski definition) is 0. The normalized spacial score (nSPS) is 13.3. The smallest absolute Gasteiger partial charge is 0.0988 e. The van der Waals surface area contributed by atoms with Crippen molar-refractivity contribution in [3.63, 3.8) is 0 Å². The highest BCUT2D eigenvalue weighted by Crippen LogP contribution is 2.19. The Morgan fingerprint density at radius 3 is 2.08 bits per heavy atom. The maximum Gasteiger partial charge on any atom is 0.0988 e. The molecule has 12 heavy (non-hydrogen) atoms. The molecule has 0 rings (SSSR count). The molecule has 0 unspecified atom stereocenters. The van der Waals surface area contributed by atoms with E-state index in [9.17, 15) is 0 Å². The minimum absolute atomic E-state index is 0.332. The molecule has 0 aromatic heterocycles. The van der Waals surface area contributed by atoms with Crippen molar-refractivity contribution in [3.8, 4) is 0 Å². The van der Waals surface area contributed by atoms with Gasteiger partial charge in [-0.1, -0.05) is 20.8 Å². The molecule has 0 radical (unpaired) electrons. The summed E-state index contributed by atoms with van der Waals surface area (Å²) in [7, 11) is 3.96. The lowest BCUT2D eigenvalue weighted by molar-refractivity contribution is 0.402. The van der Waals surface area contributed by atoms with E-state index < -0.39 is 0 Å². The van der Waals surface area contributed by atoms with E-state index in [1.807, 2.05) is 7.05 Å². The molecule has 72 valence electrons. The lowest BCUT2D eigenvalue weighted by Gasteiger charge is -2.25. The van der Waals surface area contributed by atoms with Gasteiger partial charge in [-0.25, -0.2) is 0 Å². The summed E-state index contributed by atoms with van der Waals surface area (Å²) in [6, 6.07) is 0. The molecule has 0 aromatic rings. The lowest BCUT2D eigenvalue weighted by atomic mass is 9.91. The minimum Gasteiger partial charge on any atom is -0.364 e. The number of aliphatic imine (C=N–C) groups is 1. The Balaban J connectivity index is 4.21. The van der Waals surface area contributed by atoms with Gasteiger partial charge in [0.15, 0.2) is 0 Å². The summed E-state index contributed by atoms with van der Waals surface area (Å²) < 4.78 is 0. The Labute approximate surface area is 76.7 Å². The zero-order valence-electron chi connectivity index (χ0n) is 9.31. The van der Waals surface area contributed by atoms with Crippen LogP contribution in [0.15, 0.2) is 4.99 Å². The van der Waals surface area contributed by atoms with Gasteiger partial charge in [0.2, 0.25) is 0 Å². The summed E-state index contributed by atoms with van der Waals surface area (Å²) in [6.07, 6.45) is 1.05. The molecule has 0 saturated carbocycles. The zero-order chi connectivity index (χ0) is 9.78. The van der Waals surface area contributed by atoms with Crippen molar-refractivity contribution in [2.24, 2.45) is 10.4 Å². The molecular formula is C10H22N2. The van der Waals surface area contributed by atoms with Crippen LogP contribution >= 0.6 is 0 Å². The van der Waals surface area contributed by atoms with Crippen molar-refractivity contribution in [2.45, 2.75) is 34.1 Å². The quantitative estimate of drug-likeness (QED) is 0.459. The summed E-state index contributed by atoms with van der Waals surface area (Å²) in [5.41, 5.74) is 0.332. The topological polar surface area (TPSA) is 15.6 Å². The summed E-state index contributed by atoms with van der Waals surface area (Å²) in [5, 5.41) is 0. The first-order chi connectivity index (χ1) is 5.40. The van der Waals surface area contributed by atoms with Crippen LogP contribution in [0.5, 0.6) is 0 Å². The molecule has 0 atom stereocenters. The monoisotopic (exact) mass is 170 g/mol. The van der Waals surface area contributed by atoms with Crippen molar-refractivity contribution in [3.05, 3.63) is 0 Å². The van der Waals surface area contributed by atoms with Gasteiger partial charge >= 0.3 is 0 Å². The Bertz CT molecular complexity index is 154. The first-order valence-corrected chi connectivity index (χ1v) is 4.57. The third-order valence-electron chi connectivity index (χ3n) is 1.86. The first kappa shape index (κ1) is 11.5. The second-order valence-corrected chi connectivity index (χ2v) is 4.39. The van der Waals surface area contributed by atoms with Crippen LogP contribution < -0.4 is 0 Å². The van der Waals surface area contributed by atoms with Crippen molar-refractivity contribution in [1.82, 2.24) is 4.90 Å². The molecule has 0 aliphatic rings. The standard InChI is InChI=1S/C10H22N2/c1-7-12(6)9(11-5)8-10(2,3)4/h7-8H2,1-6H3/b11-9-. The van der Waals surface area contributed by atoms with Gasteiger partial charge in [-0.2, -0.15) is 0 Å². The van der Waals surface area contributed by atoms with Gasteiger partial charge in [0.1, 0.15) is 0 Å². The molecule has 0 aliphatic heterocycles. The molecule has 0 fully saturated rings. The fourth-order valence-corrected chi connectivity index (χ4v) is 1.04. The number of hydrogen-bond acceptors (Lipinski definition) is 1. The number of nitrogens with zero attached hydrogens (tertiary/aromatic N) is 2. The predicted molar refractivity (Wildman–Crippen MR) is 55.7 cm³/mol. The Morgan fingerprint density at radius 1 is 1.33 bits per heavy atom. The molecule has 2 nitrogen and oxygen atoms in total. The average molecular weight is 170 g/mol. The third-order valence-corrected chi connectivity index (χ3v) is 1.86. The molecule has 0 N–H and O–H groups in total.